The molecule has 1 aromatic carbocycles. The summed E-state index contributed by atoms with van der Waals surface area (Å²) < 4.78 is 0. The Hall–Kier alpha value is -0.180. The normalized spacial score (nSPS) is 21.0. The van der Waals surface area contributed by atoms with E-state index in [0.29, 0.717) is 6.04 Å². The number of rotatable bonds is 3. The van der Waals surface area contributed by atoms with Gasteiger partial charge in [-0.05, 0) is 55.8 Å². The van der Waals surface area contributed by atoms with Gasteiger partial charge in [-0.3, -0.25) is 0 Å². The summed E-state index contributed by atoms with van der Waals surface area (Å²) in [6.45, 7) is 1.16. The number of thioether (sulfide) groups is 1. The smallest absolute Gasteiger partial charge is 0.0439 e. The van der Waals surface area contributed by atoms with Crippen LogP contribution in [0.5, 0.6) is 0 Å². The van der Waals surface area contributed by atoms with E-state index in [1.54, 1.807) is 11.8 Å². The number of piperidine rings is 1. The highest BCUT2D eigenvalue weighted by Gasteiger charge is 2.14. The Labute approximate surface area is 107 Å². The molecule has 0 aliphatic carbocycles. The molecule has 0 bridgehead atoms. The van der Waals surface area contributed by atoms with Crippen LogP contribution in [0.4, 0.5) is 0 Å². The summed E-state index contributed by atoms with van der Waals surface area (Å²) in [6, 6.07) is 6.95. The number of benzene rings is 1. The topological polar surface area (TPSA) is 12.0 Å². The van der Waals surface area contributed by atoms with Gasteiger partial charge in [0, 0.05) is 16.0 Å². The third-order valence-electron chi connectivity index (χ3n) is 3.13. The Kier molecular flexibility index (Phi) is 4.56. The lowest BCUT2D eigenvalue weighted by Crippen LogP contribution is -2.35. The molecule has 0 radical (unpaired) electrons. The summed E-state index contributed by atoms with van der Waals surface area (Å²) in [6.07, 6.45) is 7.10. The summed E-state index contributed by atoms with van der Waals surface area (Å²) >= 11 is 8.01. The molecule has 88 valence electrons. The van der Waals surface area contributed by atoms with Gasteiger partial charge in [0.05, 0.1) is 0 Å². The van der Waals surface area contributed by atoms with E-state index in [1.165, 1.54) is 29.7 Å². The van der Waals surface area contributed by atoms with Crippen LogP contribution in [0.2, 0.25) is 5.02 Å². The summed E-state index contributed by atoms with van der Waals surface area (Å²) in [4.78, 5) is 1.30. The molecule has 3 heteroatoms. The van der Waals surface area contributed by atoms with Crippen LogP contribution in [-0.4, -0.2) is 18.8 Å². The van der Waals surface area contributed by atoms with Crippen molar-refractivity contribution in [1.29, 1.82) is 0 Å². The van der Waals surface area contributed by atoms with Gasteiger partial charge in [-0.1, -0.05) is 18.0 Å². The quantitative estimate of drug-likeness (QED) is 0.826. The van der Waals surface area contributed by atoms with E-state index in [1.807, 2.05) is 6.07 Å². The van der Waals surface area contributed by atoms with Crippen LogP contribution in [0.25, 0.3) is 0 Å². The zero-order valence-corrected chi connectivity index (χ0v) is 11.2. The van der Waals surface area contributed by atoms with Gasteiger partial charge in [0.1, 0.15) is 0 Å². The van der Waals surface area contributed by atoms with Crippen molar-refractivity contribution in [2.24, 2.45) is 0 Å². The second-order valence-electron chi connectivity index (χ2n) is 4.31. The SMILES string of the molecule is CSc1ccc(Cl)c(CC2CCCCN2)c1. The van der Waals surface area contributed by atoms with Gasteiger partial charge >= 0.3 is 0 Å². The monoisotopic (exact) mass is 255 g/mol. The standard InChI is InChI=1S/C13H18ClNS/c1-16-12-5-6-13(14)10(9-12)8-11-4-2-3-7-15-11/h5-6,9,11,15H,2-4,7-8H2,1H3. The van der Waals surface area contributed by atoms with E-state index in [2.05, 4.69) is 23.7 Å². The molecule has 1 unspecified atom stereocenters. The molecular weight excluding hydrogens is 238 g/mol. The Morgan fingerprint density at radius 1 is 1.44 bits per heavy atom. The summed E-state index contributed by atoms with van der Waals surface area (Å²) in [5.41, 5.74) is 1.29. The van der Waals surface area contributed by atoms with Crippen molar-refractivity contribution in [3.05, 3.63) is 28.8 Å². The van der Waals surface area contributed by atoms with Gasteiger partial charge in [-0.2, -0.15) is 0 Å². The Bertz CT molecular complexity index is 348. The van der Waals surface area contributed by atoms with Crippen molar-refractivity contribution in [2.45, 2.75) is 36.6 Å². The first kappa shape index (κ1) is 12.3. The molecule has 0 saturated carbocycles. The summed E-state index contributed by atoms with van der Waals surface area (Å²) in [5.74, 6) is 0. The van der Waals surface area contributed by atoms with E-state index in [0.717, 1.165) is 18.0 Å². The first-order chi connectivity index (χ1) is 7.79. The molecule has 0 aromatic heterocycles. The average molecular weight is 256 g/mol. The van der Waals surface area contributed by atoms with E-state index in [4.69, 9.17) is 11.6 Å². The van der Waals surface area contributed by atoms with Gasteiger partial charge in [0.25, 0.3) is 0 Å². The lowest BCUT2D eigenvalue weighted by atomic mass is 9.98. The van der Waals surface area contributed by atoms with Gasteiger partial charge in [-0.15, -0.1) is 11.8 Å². The number of halogens is 1. The van der Waals surface area contributed by atoms with E-state index < -0.39 is 0 Å². The predicted octanol–water partition coefficient (Wildman–Crippen LogP) is 3.75. The largest absolute Gasteiger partial charge is 0.314 e. The highest BCUT2D eigenvalue weighted by Crippen LogP contribution is 2.25. The minimum atomic E-state index is 0.614. The first-order valence-corrected chi connectivity index (χ1v) is 7.45. The molecule has 0 spiro atoms. The molecule has 1 nitrogen and oxygen atoms in total. The molecule has 1 heterocycles. The van der Waals surface area contributed by atoms with Crippen molar-refractivity contribution in [3.8, 4) is 0 Å². The first-order valence-electron chi connectivity index (χ1n) is 5.85. The van der Waals surface area contributed by atoms with Crippen LogP contribution in [0.3, 0.4) is 0 Å². The lowest BCUT2D eigenvalue weighted by molar-refractivity contribution is 0.399. The minimum absolute atomic E-state index is 0.614. The van der Waals surface area contributed by atoms with Crippen LogP contribution < -0.4 is 5.32 Å². The average Bonchev–Trinajstić information content (AvgIpc) is 2.33. The zero-order chi connectivity index (χ0) is 11.4. The van der Waals surface area contributed by atoms with E-state index in [9.17, 15) is 0 Å². The van der Waals surface area contributed by atoms with Gasteiger partial charge in [-0.25, -0.2) is 0 Å². The van der Waals surface area contributed by atoms with Crippen molar-refractivity contribution < 1.29 is 0 Å². The summed E-state index contributed by atoms with van der Waals surface area (Å²) in [5, 5.41) is 4.47. The van der Waals surface area contributed by atoms with Gasteiger partial charge in [0.15, 0.2) is 0 Å². The Balaban J connectivity index is 2.06. The Morgan fingerprint density at radius 3 is 3.00 bits per heavy atom. The molecule has 1 aliphatic rings. The maximum absolute atomic E-state index is 6.24. The maximum atomic E-state index is 6.24. The molecule has 1 saturated heterocycles. The Morgan fingerprint density at radius 2 is 2.31 bits per heavy atom. The van der Waals surface area contributed by atoms with Crippen LogP contribution in [0, 0.1) is 0 Å². The van der Waals surface area contributed by atoms with Gasteiger partial charge < -0.3 is 5.32 Å². The molecule has 0 amide bonds. The minimum Gasteiger partial charge on any atom is -0.314 e. The van der Waals surface area contributed by atoms with Gasteiger partial charge in [0.2, 0.25) is 0 Å². The van der Waals surface area contributed by atoms with Crippen molar-refractivity contribution in [1.82, 2.24) is 5.32 Å². The van der Waals surface area contributed by atoms with Crippen LogP contribution in [0.1, 0.15) is 24.8 Å². The lowest BCUT2D eigenvalue weighted by Gasteiger charge is -2.24. The molecule has 1 fully saturated rings. The maximum Gasteiger partial charge on any atom is 0.0439 e. The van der Waals surface area contributed by atoms with E-state index in [-0.39, 0.29) is 0 Å². The molecule has 1 N–H and O–H groups in total. The second-order valence-corrected chi connectivity index (χ2v) is 5.60. The molecule has 2 rings (SSSR count). The molecule has 1 aromatic rings. The van der Waals surface area contributed by atoms with Crippen molar-refractivity contribution in [2.75, 3.05) is 12.8 Å². The molecule has 1 atom stereocenters. The fourth-order valence-electron chi connectivity index (χ4n) is 2.20. The molecular formula is C13H18ClNS. The van der Waals surface area contributed by atoms with Crippen LogP contribution >= 0.6 is 23.4 Å². The van der Waals surface area contributed by atoms with Crippen molar-refractivity contribution >= 4 is 23.4 Å². The predicted molar refractivity (Wildman–Crippen MR) is 72.6 cm³/mol. The highest BCUT2D eigenvalue weighted by molar-refractivity contribution is 7.98. The second kappa shape index (κ2) is 5.95. The van der Waals surface area contributed by atoms with E-state index >= 15 is 0 Å². The van der Waals surface area contributed by atoms with Crippen molar-refractivity contribution in [3.63, 3.8) is 0 Å². The fourth-order valence-corrected chi connectivity index (χ4v) is 2.86. The third kappa shape index (κ3) is 3.16. The third-order valence-corrected chi connectivity index (χ3v) is 4.23. The zero-order valence-electron chi connectivity index (χ0n) is 9.63. The van der Waals surface area contributed by atoms with Crippen LogP contribution in [0.15, 0.2) is 23.1 Å². The summed E-state index contributed by atoms with van der Waals surface area (Å²) in [7, 11) is 0. The number of hydrogen-bond donors (Lipinski definition) is 1. The fraction of sp³-hybridized carbons (Fsp3) is 0.538. The van der Waals surface area contributed by atoms with Crippen LogP contribution in [-0.2, 0) is 6.42 Å². The number of nitrogens with one attached hydrogen (secondary N) is 1. The molecule has 16 heavy (non-hydrogen) atoms. The number of hydrogen-bond acceptors (Lipinski definition) is 2. The highest BCUT2D eigenvalue weighted by atomic mass is 35.5. The molecule has 1 aliphatic heterocycles.